The molecule has 36 heavy (non-hydrogen) atoms. The third-order valence-electron chi connectivity index (χ3n) is 10.2. The van der Waals surface area contributed by atoms with E-state index < -0.39 is 75.8 Å². The minimum absolute atomic E-state index is 0.0851. The number of aliphatic hydroxyl groups is 1. The summed E-state index contributed by atoms with van der Waals surface area (Å²) in [7, 11) is 0. The van der Waals surface area contributed by atoms with Crippen molar-refractivity contribution >= 4 is 28.6 Å². The van der Waals surface area contributed by atoms with E-state index in [1.807, 2.05) is 6.92 Å². The molecule has 0 radical (unpaired) electrons. The van der Waals surface area contributed by atoms with Gasteiger partial charge in [0, 0.05) is 17.3 Å². The van der Waals surface area contributed by atoms with E-state index in [9.17, 15) is 23.9 Å². The first kappa shape index (κ1) is 26.0. The molecule has 0 amide bonds. The minimum atomic E-state index is -2.46. The third kappa shape index (κ3) is 3.30. The Balaban J connectivity index is 1.66. The zero-order chi connectivity index (χ0) is 26.4. The molecule has 0 aromatic rings. The standard InChI is InChI=1S/C27H33F3O5S/c1-13-9-15-19-21(35-23(34)24(2)7-8-24)20(29)16-10-14(31)5-6-26(16,4)27(19,30)17(32)11-25(15,3)18(13)22(33)36-12-28/h5-6,10,13,15,17-21,32H,7-9,11-12H2,1-4H3/t13-,15+,17+,18-,19-,20-,21+,25+,26+,27-/m1/s1. The molecule has 5 rings (SSSR count). The van der Waals surface area contributed by atoms with Crippen LogP contribution in [0.2, 0.25) is 0 Å². The van der Waals surface area contributed by atoms with Crippen LogP contribution in [0.25, 0.3) is 0 Å². The number of esters is 1. The summed E-state index contributed by atoms with van der Waals surface area (Å²) in [4.78, 5) is 38.2. The lowest BCUT2D eigenvalue weighted by molar-refractivity contribution is -0.240. The summed E-state index contributed by atoms with van der Waals surface area (Å²) in [6.07, 6.45) is -0.139. The summed E-state index contributed by atoms with van der Waals surface area (Å²) < 4.78 is 53.0. The van der Waals surface area contributed by atoms with Crippen LogP contribution in [-0.2, 0) is 19.1 Å². The van der Waals surface area contributed by atoms with Gasteiger partial charge in [-0.15, -0.1) is 0 Å². The van der Waals surface area contributed by atoms with E-state index in [4.69, 9.17) is 4.74 Å². The van der Waals surface area contributed by atoms with Crippen LogP contribution in [-0.4, -0.2) is 52.0 Å². The molecule has 9 heteroatoms. The molecule has 4 saturated carbocycles. The number of hydrogen-bond donors (Lipinski definition) is 1. The quantitative estimate of drug-likeness (QED) is 0.536. The molecule has 0 saturated heterocycles. The summed E-state index contributed by atoms with van der Waals surface area (Å²) in [5, 5.41) is 11.1. The van der Waals surface area contributed by atoms with Crippen LogP contribution < -0.4 is 0 Å². The zero-order valence-electron chi connectivity index (χ0n) is 20.9. The molecule has 5 aliphatic carbocycles. The van der Waals surface area contributed by atoms with Gasteiger partial charge in [-0.3, -0.25) is 14.4 Å². The summed E-state index contributed by atoms with van der Waals surface area (Å²) in [6.45, 7) is 6.82. The highest BCUT2D eigenvalue weighted by Crippen LogP contribution is 2.71. The Bertz CT molecular complexity index is 1070. The van der Waals surface area contributed by atoms with E-state index in [1.165, 1.54) is 19.1 Å². The van der Waals surface area contributed by atoms with E-state index in [0.717, 1.165) is 6.08 Å². The maximum atomic E-state index is 17.7. The van der Waals surface area contributed by atoms with E-state index in [0.29, 0.717) is 31.0 Å². The number of aliphatic hydroxyl groups excluding tert-OH is 1. The Morgan fingerprint density at radius 2 is 1.92 bits per heavy atom. The summed E-state index contributed by atoms with van der Waals surface area (Å²) in [5.41, 5.74) is -5.94. The Kier molecular flexibility index (Phi) is 5.92. The van der Waals surface area contributed by atoms with Gasteiger partial charge in [0.25, 0.3) is 0 Å². The van der Waals surface area contributed by atoms with Gasteiger partial charge in [-0.05, 0) is 74.5 Å². The number of halogens is 3. The lowest BCUT2D eigenvalue weighted by Gasteiger charge is -2.63. The number of carbonyl (C=O) groups excluding carboxylic acids is 3. The average molecular weight is 527 g/mol. The lowest BCUT2D eigenvalue weighted by Crippen LogP contribution is -2.72. The average Bonchev–Trinajstić information content (AvgIpc) is 3.49. The van der Waals surface area contributed by atoms with Crippen LogP contribution in [0, 0.1) is 39.9 Å². The molecule has 0 aromatic heterocycles. The lowest BCUT2D eigenvalue weighted by atomic mass is 9.44. The number of rotatable bonds is 4. The molecule has 5 nitrogen and oxygen atoms in total. The second kappa shape index (κ2) is 8.19. The topological polar surface area (TPSA) is 80.7 Å². The van der Waals surface area contributed by atoms with Gasteiger partial charge >= 0.3 is 5.97 Å². The van der Waals surface area contributed by atoms with Crippen molar-refractivity contribution in [1.29, 1.82) is 0 Å². The fraction of sp³-hybridized carbons (Fsp3) is 0.741. The number of alkyl halides is 3. The number of ether oxygens (including phenoxy) is 1. The normalized spacial score (nSPS) is 48.4. The molecule has 0 aliphatic heterocycles. The Labute approximate surface area is 213 Å². The number of fused-ring (bicyclic) bond motifs is 5. The molecule has 4 fully saturated rings. The summed E-state index contributed by atoms with van der Waals surface area (Å²) >= 11 is 0.559. The predicted molar refractivity (Wildman–Crippen MR) is 128 cm³/mol. The van der Waals surface area contributed by atoms with Gasteiger partial charge in [0.1, 0.15) is 12.1 Å². The van der Waals surface area contributed by atoms with Crippen LogP contribution in [0.5, 0.6) is 0 Å². The van der Waals surface area contributed by atoms with Crippen molar-refractivity contribution in [2.75, 3.05) is 6.01 Å². The van der Waals surface area contributed by atoms with Crippen molar-refractivity contribution in [2.24, 2.45) is 39.9 Å². The summed E-state index contributed by atoms with van der Waals surface area (Å²) in [5.74, 6) is -3.90. The number of hydrogen-bond acceptors (Lipinski definition) is 6. The van der Waals surface area contributed by atoms with Gasteiger partial charge in [0.15, 0.2) is 22.7 Å². The van der Waals surface area contributed by atoms with Gasteiger partial charge in [-0.2, -0.15) is 0 Å². The molecule has 198 valence electrons. The first-order valence-electron chi connectivity index (χ1n) is 12.6. The number of allylic oxidation sites excluding steroid dienone is 3. The smallest absolute Gasteiger partial charge is 0.312 e. The molecule has 0 heterocycles. The van der Waals surface area contributed by atoms with Crippen molar-refractivity contribution in [3.8, 4) is 0 Å². The van der Waals surface area contributed by atoms with Gasteiger partial charge in [-0.25, -0.2) is 13.2 Å². The van der Waals surface area contributed by atoms with Crippen molar-refractivity contribution < 1.29 is 37.4 Å². The van der Waals surface area contributed by atoms with E-state index in [1.54, 1.807) is 13.8 Å². The van der Waals surface area contributed by atoms with Crippen LogP contribution in [0.3, 0.4) is 0 Å². The predicted octanol–water partition coefficient (Wildman–Crippen LogP) is 4.68. The van der Waals surface area contributed by atoms with E-state index in [2.05, 4.69) is 0 Å². The molecule has 5 aliphatic rings. The molecule has 0 aromatic carbocycles. The molecular formula is C27H33F3O5S. The zero-order valence-corrected chi connectivity index (χ0v) is 21.7. The maximum Gasteiger partial charge on any atom is 0.312 e. The Hall–Kier alpha value is -1.61. The van der Waals surface area contributed by atoms with Crippen molar-refractivity contribution in [3.63, 3.8) is 0 Å². The van der Waals surface area contributed by atoms with Crippen LogP contribution >= 0.6 is 11.8 Å². The maximum absolute atomic E-state index is 17.7. The van der Waals surface area contributed by atoms with Gasteiger partial charge in [0.2, 0.25) is 0 Å². The largest absolute Gasteiger partial charge is 0.458 e. The van der Waals surface area contributed by atoms with Crippen LogP contribution in [0.4, 0.5) is 13.2 Å². The molecule has 10 atom stereocenters. The van der Waals surface area contributed by atoms with Crippen molar-refractivity contribution in [3.05, 3.63) is 23.8 Å². The highest BCUT2D eigenvalue weighted by Gasteiger charge is 2.76. The monoisotopic (exact) mass is 526 g/mol. The highest BCUT2D eigenvalue weighted by atomic mass is 32.2. The SMILES string of the molecule is C[C@@H]1C[C@H]2[C@@H]3[C@H](OC(=O)C4(C)CC4)[C@H](F)C4=CC(=O)C=C[C@]4(C)[C@@]3(F)[C@@H](O)C[C@]2(C)[C@H]1C(=O)SCF. The fourth-order valence-electron chi connectivity index (χ4n) is 7.97. The molecule has 0 unspecified atom stereocenters. The van der Waals surface area contributed by atoms with E-state index >= 15 is 8.78 Å². The molecule has 1 N–H and O–H groups in total. The molecular weight excluding hydrogens is 493 g/mol. The summed E-state index contributed by atoms with van der Waals surface area (Å²) in [6, 6.07) is -0.891. The minimum Gasteiger partial charge on any atom is -0.458 e. The molecule has 0 bridgehead atoms. The molecule has 0 spiro atoms. The Morgan fingerprint density at radius 3 is 2.53 bits per heavy atom. The third-order valence-corrected chi connectivity index (χ3v) is 10.8. The highest BCUT2D eigenvalue weighted by molar-refractivity contribution is 8.13. The van der Waals surface area contributed by atoms with Gasteiger partial charge in [0.05, 0.1) is 11.5 Å². The van der Waals surface area contributed by atoms with E-state index in [-0.39, 0.29) is 23.0 Å². The van der Waals surface area contributed by atoms with Crippen LogP contribution in [0.15, 0.2) is 23.8 Å². The van der Waals surface area contributed by atoms with Gasteiger partial charge < -0.3 is 9.84 Å². The van der Waals surface area contributed by atoms with Crippen molar-refractivity contribution in [2.45, 2.75) is 77.4 Å². The van der Waals surface area contributed by atoms with Gasteiger partial charge in [-0.1, -0.05) is 31.7 Å². The van der Waals surface area contributed by atoms with Crippen molar-refractivity contribution in [1.82, 2.24) is 0 Å². The second-order valence-corrected chi connectivity index (χ2v) is 13.2. The number of thioether (sulfide) groups is 1. The number of carbonyl (C=O) groups is 3. The first-order valence-corrected chi connectivity index (χ1v) is 13.6. The number of ketones is 1. The Morgan fingerprint density at radius 1 is 1.25 bits per heavy atom. The first-order chi connectivity index (χ1) is 16.7. The van der Waals surface area contributed by atoms with Crippen LogP contribution in [0.1, 0.15) is 53.4 Å². The fourth-order valence-corrected chi connectivity index (χ4v) is 8.76. The second-order valence-electron chi connectivity index (χ2n) is 12.3.